The van der Waals surface area contributed by atoms with Gasteiger partial charge in [0.1, 0.15) is 0 Å². The Bertz CT molecular complexity index is 63.9. The minimum atomic E-state index is 0.162. The minimum Gasteiger partial charge on any atom is -0.377 e. The SMILES string of the molecule is CCOC(CC)[C@H](C)N. The molecule has 0 aliphatic heterocycles. The summed E-state index contributed by atoms with van der Waals surface area (Å²) in [6, 6.07) is 0.162. The van der Waals surface area contributed by atoms with Crippen molar-refractivity contribution in [2.75, 3.05) is 6.61 Å². The Hall–Kier alpha value is -0.0800. The molecule has 0 saturated carbocycles. The highest BCUT2D eigenvalue weighted by atomic mass is 16.5. The van der Waals surface area contributed by atoms with Gasteiger partial charge in [0.15, 0.2) is 0 Å². The molecule has 0 saturated heterocycles. The van der Waals surface area contributed by atoms with Gasteiger partial charge in [0.2, 0.25) is 0 Å². The molecular formula is C7H17NO. The van der Waals surface area contributed by atoms with Crippen LogP contribution in [0.1, 0.15) is 27.2 Å². The summed E-state index contributed by atoms with van der Waals surface area (Å²) in [5.74, 6) is 0. The Morgan fingerprint density at radius 2 is 2.00 bits per heavy atom. The van der Waals surface area contributed by atoms with E-state index in [1.165, 1.54) is 0 Å². The van der Waals surface area contributed by atoms with Crippen LogP contribution in [0.15, 0.2) is 0 Å². The van der Waals surface area contributed by atoms with E-state index in [2.05, 4.69) is 6.92 Å². The lowest BCUT2D eigenvalue weighted by Crippen LogP contribution is -2.33. The molecule has 0 rings (SSSR count). The van der Waals surface area contributed by atoms with E-state index in [1.54, 1.807) is 0 Å². The van der Waals surface area contributed by atoms with Crippen molar-refractivity contribution in [2.24, 2.45) is 5.73 Å². The largest absolute Gasteiger partial charge is 0.377 e. The third-order valence-electron chi connectivity index (χ3n) is 1.37. The Labute approximate surface area is 57.4 Å². The maximum Gasteiger partial charge on any atom is 0.0720 e. The Morgan fingerprint density at radius 3 is 2.11 bits per heavy atom. The van der Waals surface area contributed by atoms with Crippen LogP contribution >= 0.6 is 0 Å². The van der Waals surface area contributed by atoms with Crippen molar-refractivity contribution >= 4 is 0 Å². The van der Waals surface area contributed by atoms with Crippen LogP contribution in [0.3, 0.4) is 0 Å². The first-order valence-corrected chi connectivity index (χ1v) is 3.59. The molecule has 2 atom stereocenters. The fraction of sp³-hybridized carbons (Fsp3) is 1.00. The lowest BCUT2D eigenvalue weighted by atomic mass is 10.1. The molecular weight excluding hydrogens is 114 g/mol. The smallest absolute Gasteiger partial charge is 0.0720 e. The molecule has 1 unspecified atom stereocenters. The molecule has 0 radical (unpaired) electrons. The average molecular weight is 131 g/mol. The number of hydrogen-bond donors (Lipinski definition) is 1. The predicted octanol–water partition coefficient (Wildman–Crippen LogP) is 1.15. The van der Waals surface area contributed by atoms with Crippen molar-refractivity contribution in [2.45, 2.75) is 39.3 Å². The van der Waals surface area contributed by atoms with E-state index in [0.717, 1.165) is 13.0 Å². The van der Waals surface area contributed by atoms with Crippen molar-refractivity contribution in [3.05, 3.63) is 0 Å². The van der Waals surface area contributed by atoms with E-state index in [0.29, 0.717) is 0 Å². The van der Waals surface area contributed by atoms with Gasteiger partial charge in [-0.2, -0.15) is 0 Å². The van der Waals surface area contributed by atoms with Gasteiger partial charge in [-0.3, -0.25) is 0 Å². The van der Waals surface area contributed by atoms with Crippen molar-refractivity contribution in [1.82, 2.24) is 0 Å². The standard InChI is InChI=1S/C7H17NO/c1-4-7(6(3)8)9-5-2/h6-7H,4-5,8H2,1-3H3/t6-,7?/m0/s1. The lowest BCUT2D eigenvalue weighted by molar-refractivity contribution is 0.0458. The van der Waals surface area contributed by atoms with Crippen LogP contribution in [-0.4, -0.2) is 18.8 Å². The third-order valence-corrected chi connectivity index (χ3v) is 1.37. The fourth-order valence-corrected chi connectivity index (χ4v) is 0.855. The molecule has 0 aromatic carbocycles. The monoisotopic (exact) mass is 131 g/mol. The number of ether oxygens (including phenoxy) is 1. The van der Waals surface area contributed by atoms with Crippen LogP contribution in [0.25, 0.3) is 0 Å². The van der Waals surface area contributed by atoms with E-state index < -0.39 is 0 Å². The molecule has 2 N–H and O–H groups in total. The molecule has 9 heavy (non-hydrogen) atoms. The van der Waals surface area contributed by atoms with E-state index in [1.807, 2.05) is 13.8 Å². The third kappa shape index (κ3) is 3.49. The van der Waals surface area contributed by atoms with E-state index in [4.69, 9.17) is 10.5 Å². The molecule has 2 heteroatoms. The zero-order valence-corrected chi connectivity index (χ0v) is 6.55. The van der Waals surface area contributed by atoms with Crippen LogP contribution in [0, 0.1) is 0 Å². The topological polar surface area (TPSA) is 35.2 Å². The lowest BCUT2D eigenvalue weighted by Gasteiger charge is -2.18. The van der Waals surface area contributed by atoms with Crippen molar-refractivity contribution in [1.29, 1.82) is 0 Å². The summed E-state index contributed by atoms with van der Waals surface area (Å²) in [7, 11) is 0. The second kappa shape index (κ2) is 4.77. The summed E-state index contributed by atoms with van der Waals surface area (Å²) in [6.07, 6.45) is 1.25. The first-order valence-electron chi connectivity index (χ1n) is 3.59. The molecule has 2 nitrogen and oxygen atoms in total. The highest BCUT2D eigenvalue weighted by molar-refractivity contribution is 4.65. The highest BCUT2D eigenvalue weighted by Crippen LogP contribution is 2.00. The molecule has 0 fully saturated rings. The first kappa shape index (κ1) is 8.92. The van der Waals surface area contributed by atoms with E-state index in [-0.39, 0.29) is 12.1 Å². The quantitative estimate of drug-likeness (QED) is 0.621. The molecule has 0 aromatic heterocycles. The van der Waals surface area contributed by atoms with Gasteiger partial charge in [-0.25, -0.2) is 0 Å². The Balaban J connectivity index is 3.41. The van der Waals surface area contributed by atoms with Gasteiger partial charge >= 0.3 is 0 Å². The molecule has 0 bridgehead atoms. The molecule has 0 amide bonds. The normalized spacial score (nSPS) is 17.3. The summed E-state index contributed by atoms with van der Waals surface area (Å²) in [5, 5.41) is 0. The molecule has 0 heterocycles. The molecule has 0 aromatic rings. The summed E-state index contributed by atoms with van der Waals surface area (Å²) >= 11 is 0. The molecule has 0 aliphatic carbocycles. The van der Waals surface area contributed by atoms with Crippen molar-refractivity contribution < 1.29 is 4.74 Å². The van der Waals surface area contributed by atoms with Gasteiger partial charge in [0.25, 0.3) is 0 Å². The maximum absolute atomic E-state index is 5.61. The van der Waals surface area contributed by atoms with E-state index >= 15 is 0 Å². The Kier molecular flexibility index (Phi) is 4.72. The van der Waals surface area contributed by atoms with Gasteiger partial charge in [-0.05, 0) is 20.3 Å². The summed E-state index contributed by atoms with van der Waals surface area (Å²) in [4.78, 5) is 0. The second-order valence-electron chi connectivity index (χ2n) is 2.26. The maximum atomic E-state index is 5.61. The fourth-order valence-electron chi connectivity index (χ4n) is 0.855. The van der Waals surface area contributed by atoms with Gasteiger partial charge in [0, 0.05) is 12.6 Å². The minimum absolute atomic E-state index is 0.162. The summed E-state index contributed by atoms with van der Waals surface area (Å²) < 4.78 is 5.33. The van der Waals surface area contributed by atoms with Gasteiger partial charge in [0.05, 0.1) is 6.10 Å². The van der Waals surface area contributed by atoms with E-state index in [9.17, 15) is 0 Å². The van der Waals surface area contributed by atoms with Crippen LogP contribution in [0.4, 0.5) is 0 Å². The number of nitrogens with two attached hydrogens (primary N) is 1. The average Bonchev–Trinajstić information content (AvgIpc) is 1.82. The van der Waals surface area contributed by atoms with Crippen molar-refractivity contribution in [3.8, 4) is 0 Å². The molecule has 0 aliphatic rings. The first-order chi connectivity index (χ1) is 4.22. The van der Waals surface area contributed by atoms with Crippen LogP contribution in [0.5, 0.6) is 0 Å². The number of hydrogen-bond acceptors (Lipinski definition) is 2. The van der Waals surface area contributed by atoms with Gasteiger partial charge in [-0.1, -0.05) is 6.92 Å². The van der Waals surface area contributed by atoms with Gasteiger partial charge < -0.3 is 10.5 Å². The molecule has 0 spiro atoms. The molecule has 56 valence electrons. The Morgan fingerprint density at radius 1 is 1.44 bits per heavy atom. The van der Waals surface area contributed by atoms with Crippen LogP contribution in [0.2, 0.25) is 0 Å². The summed E-state index contributed by atoms with van der Waals surface area (Å²) in [6.45, 7) is 6.82. The van der Waals surface area contributed by atoms with Crippen molar-refractivity contribution in [3.63, 3.8) is 0 Å². The zero-order chi connectivity index (χ0) is 7.28. The highest BCUT2D eigenvalue weighted by Gasteiger charge is 2.09. The van der Waals surface area contributed by atoms with Crippen LogP contribution in [-0.2, 0) is 4.74 Å². The van der Waals surface area contributed by atoms with Crippen LogP contribution < -0.4 is 5.73 Å². The zero-order valence-electron chi connectivity index (χ0n) is 6.55. The number of rotatable bonds is 4. The predicted molar refractivity (Wildman–Crippen MR) is 39.4 cm³/mol. The second-order valence-corrected chi connectivity index (χ2v) is 2.26. The summed E-state index contributed by atoms with van der Waals surface area (Å²) in [5.41, 5.74) is 5.61. The van der Waals surface area contributed by atoms with Gasteiger partial charge in [-0.15, -0.1) is 0 Å².